The lowest BCUT2D eigenvalue weighted by atomic mass is 9.77. The third-order valence-corrected chi connectivity index (χ3v) is 5.07. The van der Waals surface area contributed by atoms with Gasteiger partial charge in [0.05, 0.1) is 0 Å². The van der Waals surface area contributed by atoms with Gasteiger partial charge in [-0.3, -0.25) is 0 Å². The van der Waals surface area contributed by atoms with Crippen molar-refractivity contribution in [1.82, 2.24) is 10.0 Å². The van der Waals surface area contributed by atoms with E-state index in [4.69, 9.17) is 0 Å². The Hall–Kier alpha value is -0.970. The number of piperidine rings is 1. The molecule has 0 bridgehead atoms. The Kier molecular flexibility index (Phi) is 5.95. The molecule has 124 valence electrons. The van der Waals surface area contributed by atoms with Crippen molar-refractivity contribution in [3.05, 3.63) is 35.6 Å². The lowest BCUT2D eigenvalue weighted by Crippen LogP contribution is -2.56. The van der Waals surface area contributed by atoms with Crippen LogP contribution in [0, 0.1) is 11.2 Å². The third-order valence-electron chi connectivity index (χ3n) is 5.07. The first-order valence-electron chi connectivity index (χ1n) is 8.34. The normalized spacial score (nSPS) is 20.5. The van der Waals surface area contributed by atoms with Gasteiger partial charge in [0, 0.05) is 19.1 Å². The first kappa shape index (κ1) is 17.4. The summed E-state index contributed by atoms with van der Waals surface area (Å²) in [6, 6.07) is 7.06. The number of halogens is 1. The van der Waals surface area contributed by atoms with E-state index in [1.807, 2.05) is 11.1 Å². The first-order valence-corrected chi connectivity index (χ1v) is 8.34. The number of hydrazine groups is 1. The van der Waals surface area contributed by atoms with Gasteiger partial charge >= 0.3 is 0 Å². The highest BCUT2D eigenvalue weighted by molar-refractivity contribution is 5.16. The monoisotopic (exact) mass is 308 g/mol. The van der Waals surface area contributed by atoms with E-state index in [1.54, 1.807) is 12.1 Å². The second kappa shape index (κ2) is 7.53. The quantitative estimate of drug-likeness (QED) is 0.810. The third kappa shape index (κ3) is 4.06. The van der Waals surface area contributed by atoms with Crippen LogP contribution in [0.4, 0.5) is 4.39 Å². The summed E-state index contributed by atoms with van der Waals surface area (Å²) in [4.78, 5) is 0. The van der Waals surface area contributed by atoms with Crippen LogP contribution in [0.15, 0.2) is 24.3 Å². The van der Waals surface area contributed by atoms with E-state index in [1.165, 1.54) is 12.5 Å². The zero-order valence-corrected chi connectivity index (χ0v) is 14.1. The average molecular weight is 308 g/mol. The van der Waals surface area contributed by atoms with Crippen LogP contribution in [-0.4, -0.2) is 34.4 Å². The molecular formula is C18H29FN2O. The summed E-state index contributed by atoms with van der Waals surface area (Å²) in [6.45, 7) is 8.30. The van der Waals surface area contributed by atoms with Crippen LogP contribution in [0.5, 0.6) is 0 Å². The van der Waals surface area contributed by atoms with Crippen LogP contribution in [0.25, 0.3) is 0 Å². The highest BCUT2D eigenvalue weighted by atomic mass is 19.1. The Morgan fingerprint density at radius 2 is 2.14 bits per heavy atom. The SMILES string of the molecule is CCC(C)(C)C1CCCCN1N(CO)Cc1cccc(F)c1. The van der Waals surface area contributed by atoms with Gasteiger partial charge in [0.25, 0.3) is 0 Å². The van der Waals surface area contributed by atoms with Crippen LogP contribution in [0.2, 0.25) is 0 Å². The zero-order valence-electron chi connectivity index (χ0n) is 14.1. The van der Waals surface area contributed by atoms with Crippen molar-refractivity contribution < 1.29 is 9.50 Å². The van der Waals surface area contributed by atoms with Gasteiger partial charge in [-0.1, -0.05) is 39.3 Å². The minimum Gasteiger partial charge on any atom is -0.380 e. The van der Waals surface area contributed by atoms with Crippen LogP contribution < -0.4 is 0 Å². The Morgan fingerprint density at radius 3 is 2.77 bits per heavy atom. The molecule has 0 saturated carbocycles. The first-order chi connectivity index (χ1) is 10.5. The summed E-state index contributed by atoms with van der Waals surface area (Å²) in [5.41, 5.74) is 1.10. The molecule has 0 aromatic heterocycles. The van der Waals surface area contributed by atoms with E-state index in [0.29, 0.717) is 12.6 Å². The second-order valence-corrected chi connectivity index (χ2v) is 6.95. The molecule has 2 rings (SSSR count). The molecule has 4 heteroatoms. The number of aliphatic hydroxyl groups is 1. The summed E-state index contributed by atoms with van der Waals surface area (Å²) >= 11 is 0. The average Bonchev–Trinajstić information content (AvgIpc) is 2.52. The van der Waals surface area contributed by atoms with Crippen molar-refractivity contribution in [2.45, 2.75) is 59.0 Å². The number of aliphatic hydroxyl groups excluding tert-OH is 1. The molecule has 1 aromatic carbocycles. The molecule has 0 amide bonds. The fourth-order valence-electron chi connectivity index (χ4n) is 3.35. The summed E-state index contributed by atoms with van der Waals surface area (Å²) in [5.74, 6) is -0.223. The maximum Gasteiger partial charge on any atom is 0.123 e. The molecular weight excluding hydrogens is 279 g/mol. The molecule has 22 heavy (non-hydrogen) atoms. The maximum absolute atomic E-state index is 13.4. The fourth-order valence-corrected chi connectivity index (χ4v) is 3.35. The van der Waals surface area contributed by atoms with Gasteiger partial charge < -0.3 is 5.11 Å². The van der Waals surface area contributed by atoms with Gasteiger partial charge in [-0.2, -0.15) is 0 Å². The summed E-state index contributed by atoms with van der Waals surface area (Å²) in [5, 5.41) is 14.1. The number of hydrogen-bond donors (Lipinski definition) is 1. The Morgan fingerprint density at radius 1 is 1.36 bits per heavy atom. The van der Waals surface area contributed by atoms with Gasteiger partial charge in [0.2, 0.25) is 0 Å². The molecule has 1 N–H and O–H groups in total. The van der Waals surface area contributed by atoms with Crippen molar-refractivity contribution >= 4 is 0 Å². The second-order valence-electron chi connectivity index (χ2n) is 6.95. The highest BCUT2D eigenvalue weighted by Gasteiger charge is 2.37. The van der Waals surface area contributed by atoms with Crippen LogP contribution in [0.3, 0.4) is 0 Å². The standard InChI is InChI=1S/C18H29FN2O/c1-4-18(2,3)17-10-5-6-11-21(17)20(14-22)13-15-8-7-9-16(19)12-15/h7-9,12,17,22H,4-6,10-11,13-14H2,1-3H3. The molecule has 0 radical (unpaired) electrons. The Balaban J connectivity index is 2.16. The smallest absolute Gasteiger partial charge is 0.123 e. The largest absolute Gasteiger partial charge is 0.380 e. The van der Waals surface area contributed by atoms with Gasteiger partial charge in [0.1, 0.15) is 12.5 Å². The number of benzene rings is 1. The van der Waals surface area contributed by atoms with E-state index in [2.05, 4.69) is 25.8 Å². The molecule has 1 fully saturated rings. The van der Waals surface area contributed by atoms with Crippen LogP contribution in [-0.2, 0) is 6.54 Å². The summed E-state index contributed by atoms with van der Waals surface area (Å²) in [7, 11) is 0. The number of rotatable bonds is 6. The molecule has 1 aromatic rings. The van der Waals surface area contributed by atoms with Crippen molar-refractivity contribution in [2.24, 2.45) is 5.41 Å². The van der Waals surface area contributed by atoms with E-state index in [0.717, 1.165) is 31.4 Å². The van der Waals surface area contributed by atoms with E-state index in [9.17, 15) is 9.50 Å². The molecule has 1 atom stereocenters. The predicted octanol–water partition coefficient (Wildman–Crippen LogP) is 3.78. The number of hydrogen-bond acceptors (Lipinski definition) is 3. The van der Waals surface area contributed by atoms with Crippen LogP contribution >= 0.6 is 0 Å². The summed E-state index contributed by atoms with van der Waals surface area (Å²) < 4.78 is 13.4. The zero-order chi connectivity index (χ0) is 16.2. The Labute approximate surface area is 133 Å². The van der Waals surface area contributed by atoms with Gasteiger partial charge in [-0.25, -0.2) is 14.4 Å². The van der Waals surface area contributed by atoms with Crippen LogP contribution in [0.1, 0.15) is 52.0 Å². The lowest BCUT2D eigenvalue weighted by Gasteiger charge is -2.49. The lowest BCUT2D eigenvalue weighted by molar-refractivity contribution is -0.153. The predicted molar refractivity (Wildman–Crippen MR) is 87.4 cm³/mol. The van der Waals surface area contributed by atoms with Crippen molar-refractivity contribution in [1.29, 1.82) is 0 Å². The van der Waals surface area contributed by atoms with E-state index in [-0.39, 0.29) is 18.0 Å². The minimum absolute atomic E-state index is 0.0349. The topological polar surface area (TPSA) is 26.7 Å². The molecule has 0 aliphatic carbocycles. The molecule has 1 heterocycles. The molecule has 3 nitrogen and oxygen atoms in total. The molecule has 1 aliphatic rings. The molecule has 1 aliphatic heterocycles. The van der Waals surface area contributed by atoms with E-state index >= 15 is 0 Å². The summed E-state index contributed by atoms with van der Waals surface area (Å²) in [6.07, 6.45) is 4.65. The van der Waals surface area contributed by atoms with Gasteiger partial charge in [0.15, 0.2) is 0 Å². The Bertz CT molecular complexity index is 478. The van der Waals surface area contributed by atoms with E-state index < -0.39 is 0 Å². The van der Waals surface area contributed by atoms with Gasteiger partial charge in [-0.15, -0.1) is 0 Å². The molecule has 0 spiro atoms. The highest BCUT2D eigenvalue weighted by Crippen LogP contribution is 2.36. The van der Waals surface area contributed by atoms with Crippen molar-refractivity contribution in [2.75, 3.05) is 13.3 Å². The number of nitrogens with zero attached hydrogens (tertiary/aromatic N) is 2. The fraction of sp³-hybridized carbons (Fsp3) is 0.667. The molecule has 1 unspecified atom stereocenters. The van der Waals surface area contributed by atoms with Crippen molar-refractivity contribution in [3.8, 4) is 0 Å². The minimum atomic E-state index is -0.223. The van der Waals surface area contributed by atoms with Gasteiger partial charge in [-0.05, 0) is 42.4 Å². The maximum atomic E-state index is 13.4. The van der Waals surface area contributed by atoms with Crippen molar-refractivity contribution in [3.63, 3.8) is 0 Å². The molecule has 1 saturated heterocycles.